The number of halogens is 1. The molecule has 1 aromatic heterocycles. The van der Waals surface area contributed by atoms with Gasteiger partial charge < -0.3 is 9.52 Å². The molecule has 0 aliphatic heterocycles. The van der Waals surface area contributed by atoms with Crippen molar-refractivity contribution in [3.63, 3.8) is 0 Å². The Morgan fingerprint density at radius 3 is 2.93 bits per heavy atom. The van der Waals surface area contributed by atoms with Crippen LogP contribution in [-0.4, -0.2) is 11.1 Å². The summed E-state index contributed by atoms with van der Waals surface area (Å²) in [4.78, 5) is 10.7. The zero-order valence-corrected chi connectivity index (χ0v) is 9.67. The van der Waals surface area contributed by atoms with Crippen LogP contribution >= 0.6 is 15.9 Å². The highest BCUT2D eigenvalue weighted by Crippen LogP contribution is 2.31. The number of carboxylic acids is 1. The van der Waals surface area contributed by atoms with Gasteiger partial charge in [-0.1, -0.05) is 12.1 Å². The lowest BCUT2D eigenvalue weighted by molar-refractivity contribution is -0.136. The number of aryl methyl sites for hydroxylation is 1. The number of carboxylic acid groups (broad SMARTS) is 1. The Kier molecular flexibility index (Phi) is 2.52. The molecule has 3 nitrogen and oxygen atoms in total. The fraction of sp³-hybridized carbons (Fsp3) is 0.182. The van der Waals surface area contributed by atoms with Crippen molar-refractivity contribution >= 4 is 32.9 Å². The summed E-state index contributed by atoms with van der Waals surface area (Å²) >= 11 is 3.37. The van der Waals surface area contributed by atoms with Crippen LogP contribution in [0.15, 0.2) is 27.1 Å². The molecule has 0 fully saturated rings. The van der Waals surface area contributed by atoms with Crippen molar-refractivity contribution < 1.29 is 14.3 Å². The molecule has 0 aliphatic carbocycles. The van der Waals surface area contributed by atoms with Crippen LogP contribution in [0.3, 0.4) is 0 Å². The Bertz CT molecular complexity index is 528. The summed E-state index contributed by atoms with van der Waals surface area (Å²) in [5.74, 6) is -0.180. The van der Waals surface area contributed by atoms with Crippen LogP contribution in [0.25, 0.3) is 11.0 Å². The monoisotopic (exact) mass is 268 g/mol. The summed E-state index contributed by atoms with van der Waals surface area (Å²) in [5.41, 5.74) is 1.46. The van der Waals surface area contributed by atoms with Gasteiger partial charge in [-0.3, -0.25) is 4.79 Å². The second kappa shape index (κ2) is 3.70. The predicted octanol–water partition coefficient (Wildman–Crippen LogP) is 3.13. The van der Waals surface area contributed by atoms with E-state index in [9.17, 15) is 4.79 Å². The van der Waals surface area contributed by atoms with Gasteiger partial charge in [0.1, 0.15) is 11.3 Å². The number of carbonyl (C=O) groups is 1. The molecule has 78 valence electrons. The number of benzene rings is 1. The highest BCUT2D eigenvalue weighted by molar-refractivity contribution is 9.10. The van der Waals surface area contributed by atoms with Crippen molar-refractivity contribution in [2.75, 3.05) is 0 Å². The van der Waals surface area contributed by atoms with E-state index in [0.717, 1.165) is 15.4 Å². The van der Waals surface area contributed by atoms with Gasteiger partial charge in [-0.2, -0.15) is 0 Å². The third-order valence-electron chi connectivity index (χ3n) is 2.30. The molecule has 1 aromatic carbocycles. The zero-order chi connectivity index (χ0) is 11.0. The number of furan rings is 1. The van der Waals surface area contributed by atoms with Crippen molar-refractivity contribution in [1.29, 1.82) is 0 Å². The Morgan fingerprint density at radius 1 is 1.53 bits per heavy atom. The Morgan fingerprint density at radius 2 is 2.27 bits per heavy atom. The Hall–Kier alpha value is -1.29. The van der Waals surface area contributed by atoms with E-state index in [1.165, 1.54) is 0 Å². The largest absolute Gasteiger partial charge is 0.481 e. The van der Waals surface area contributed by atoms with E-state index in [2.05, 4.69) is 15.9 Å². The highest BCUT2D eigenvalue weighted by atomic mass is 79.9. The highest BCUT2D eigenvalue weighted by Gasteiger charge is 2.14. The molecule has 2 rings (SSSR count). The van der Waals surface area contributed by atoms with Gasteiger partial charge in [0, 0.05) is 10.9 Å². The third kappa shape index (κ3) is 1.77. The summed E-state index contributed by atoms with van der Waals surface area (Å²) in [7, 11) is 0. The lowest BCUT2D eigenvalue weighted by Crippen LogP contribution is -2.00. The number of aliphatic carboxylic acids is 1. The minimum atomic E-state index is -0.847. The molecule has 0 unspecified atom stereocenters. The molecule has 1 heterocycles. The van der Waals surface area contributed by atoms with Gasteiger partial charge in [0.15, 0.2) is 0 Å². The second-order valence-electron chi connectivity index (χ2n) is 3.32. The van der Waals surface area contributed by atoms with E-state index in [0.29, 0.717) is 11.3 Å². The van der Waals surface area contributed by atoms with E-state index in [1.54, 1.807) is 6.92 Å². The lowest BCUT2D eigenvalue weighted by Gasteiger charge is -1.94. The molecule has 2 aromatic rings. The lowest BCUT2D eigenvalue weighted by atomic mass is 10.1. The van der Waals surface area contributed by atoms with Crippen molar-refractivity contribution in [2.24, 2.45) is 0 Å². The fourth-order valence-corrected chi connectivity index (χ4v) is 2.07. The summed E-state index contributed by atoms with van der Waals surface area (Å²) in [6.07, 6.45) is -0.00468. The summed E-state index contributed by atoms with van der Waals surface area (Å²) in [5, 5.41) is 9.65. The van der Waals surface area contributed by atoms with Gasteiger partial charge >= 0.3 is 5.97 Å². The molecular formula is C11H9BrO3. The molecule has 1 N–H and O–H groups in total. The first-order valence-corrected chi connectivity index (χ1v) is 5.27. The molecule has 0 saturated heterocycles. The van der Waals surface area contributed by atoms with Crippen LogP contribution in [0.2, 0.25) is 0 Å². The Balaban J connectivity index is 2.68. The second-order valence-corrected chi connectivity index (χ2v) is 4.18. The minimum absolute atomic E-state index is 0.00468. The molecule has 0 spiro atoms. The molecule has 0 saturated carbocycles. The van der Waals surface area contributed by atoms with E-state index >= 15 is 0 Å². The number of hydrogen-bond acceptors (Lipinski definition) is 2. The Labute approximate surface area is 94.8 Å². The average molecular weight is 269 g/mol. The van der Waals surface area contributed by atoms with Crippen LogP contribution in [-0.2, 0) is 11.2 Å². The SMILES string of the molecule is Cc1oc2c(Br)cccc2c1CC(=O)O. The van der Waals surface area contributed by atoms with Gasteiger partial charge in [0.05, 0.1) is 10.9 Å². The van der Waals surface area contributed by atoms with Gasteiger partial charge in [-0.05, 0) is 28.9 Å². The van der Waals surface area contributed by atoms with Crippen LogP contribution in [0.1, 0.15) is 11.3 Å². The van der Waals surface area contributed by atoms with Crippen molar-refractivity contribution in [1.82, 2.24) is 0 Å². The smallest absolute Gasteiger partial charge is 0.307 e. The first-order valence-electron chi connectivity index (χ1n) is 4.48. The van der Waals surface area contributed by atoms with Crippen LogP contribution in [0.5, 0.6) is 0 Å². The fourth-order valence-electron chi connectivity index (χ4n) is 1.63. The summed E-state index contributed by atoms with van der Waals surface area (Å²) in [6.45, 7) is 1.78. The van der Waals surface area contributed by atoms with E-state index < -0.39 is 5.97 Å². The van der Waals surface area contributed by atoms with E-state index in [-0.39, 0.29) is 6.42 Å². The molecule has 0 amide bonds. The zero-order valence-electron chi connectivity index (χ0n) is 8.08. The normalized spacial score (nSPS) is 10.8. The van der Waals surface area contributed by atoms with Gasteiger partial charge in [-0.15, -0.1) is 0 Å². The number of rotatable bonds is 2. The van der Waals surface area contributed by atoms with Crippen molar-refractivity contribution in [3.05, 3.63) is 34.0 Å². The van der Waals surface area contributed by atoms with Crippen LogP contribution in [0.4, 0.5) is 0 Å². The topological polar surface area (TPSA) is 50.4 Å². The molecular weight excluding hydrogens is 260 g/mol. The average Bonchev–Trinajstić information content (AvgIpc) is 2.45. The number of hydrogen-bond donors (Lipinski definition) is 1. The van der Waals surface area contributed by atoms with Crippen molar-refractivity contribution in [2.45, 2.75) is 13.3 Å². The maximum absolute atomic E-state index is 10.7. The van der Waals surface area contributed by atoms with E-state index in [4.69, 9.17) is 9.52 Å². The summed E-state index contributed by atoms with van der Waals surface area (Å²) in [6, 6.07) is 5.61. The maximum atomic E-state index is 10.7. The van der Waals surface area contributed by atoms with E-state index in [1.807, 2.05) is 18.2 Å². The predicted molar refractivity (Wildman–Crippen MR) is 60.0 cm³/mol. The first-order chi connectivity index (χ1) is 7.09. The van der Waals surface area contributed by atoms with Crippen molar-refractivity contribution in [3.8, 4) is 0 Å². The molecule has 0 atom stereocenters. The molecule has 0 bridgehead atoms. The molecule has 0 aliphatic rings. The molecule has 15 heavy (non-hydrogen) atoms. The van der Waals surface area contributed by atoms with Crippen LogP contribution in [0, 0.1) is 6.92 Å². The quantitative estimate of drug-likeness (QED) is 0.911. The number of fused-ring (bicyclic) bond motifs is 1. The van der Waals surface area contributed by atoms with Crippen LogP contribution < -0.4 is 0 Å². The minimum Gasteiger partial charge on any atom is -0.481 e. The standard InChI is InChI=1S/C11H9BrO3/c1-6-8(5-10(13)14)7-3-2-4-9(12)11(7)15-6/h2-4H,5H2,1H3,(H,13,14). The number of para-hydroxylation sites is 1. The van der Waals surface area contributed by atoms with Gasteiger partial charge in [0.2, 0.25) is 0 Å². The van der Waals surface area contributed by atoms with Gasteiger partial charge in [0.25, 0.3) is 0 Å². The molecule has 4 heteroatoms. The maximum Gasteiger partial charge on any atom is 0.307 e. The molecule has 0 radical (unpaired) electrons. The third-order valence-corrected chi connectivity index (χ3v) is 2.92. The summed E-state index contributed by atoms with van der Waals surface area (Å²) < 4.78 is 6.37. The first kappa shape index (κ1) is 10.2. The van der Waals surface area contributed by atoms with Gasteiger partial charge in [-0.25, -0.2) is 0 Å².